The molecule has 12 heteroatoms. The van der Waals surface area contributed by atoms with Crippen LogP contribution in [0.3, 0.4) is 0 Å². The Balaban J connectivity index is 1.85. The number of sulfonamides is 1. The van der Waals surface area contributed by atoms with Gasteiger partial charge in [0.15, 0.2) is 6.10 Å². The van der Waals surface area contributed by atoms with Crippen molar-refractivity contribution < 1.29 is 32.5 Å². The molecule has 2 aromatic carbocycles. The van der Waals surface area contributed by atoms with Crippen LogP contribution >= 0.6 is 0 Å². The summed E-state index contributed by atoms with van der Waals surface area (Å²) in [6.45, 7) is 4.99. The van der Waals surface area contributed by atoms with Crippen molar-refractivity contribution in [3.63, 3.8) is 0 Å². The number of nitrogens with two attached hydrogens (primary N) is 2. The smallest absolute Gasteiger partial charge is 0.407 e. The van der Waals surface area contributed by atoms with Gasteiger partial charge in [0, 0.05) is 18.8 Å². The first-order valence-electron chi connectivity index (χ1n) is 13.9. The molecule has 0 spiro atoms. The maximum Gasteiger partial charge on any atom is 0.407 e. The van der Waals surface area contributed by atoms with Crippen LogP contribution in [0.5, 0.6) is 0 Å². The zero-order chi connectivity index (χ0) is 29.9. The van der Waals surface area contributed by atoms with Crippen molar-refractivity contribution in [1.29, 1.82) is 0 Å². The van der Waals surface area contributed by atoms with Crippen LogP contribution < -0.4 is 16.8 Å². The number of hydrogen-bond donors (Lipinski definition) is 4. The van der Waals surface area contributed by atoms with Crippen LogP contribution in [0.15, 0.2) is 59.5 Å². The predicted octanol–water partition coefficient (Wildman–Crippen LogP) is 2.49. The molecular weight excluding hydrogens is 548 g/mol. The Labute approximate surface area is 243 Å². The summed E-state index contributed by atoms with van der Waals surface area (Å²) in [5.74, 6) is 0. The van der Waals surface area contributed by atoms with Gasteiger partial charge in [-0.2, -0.15) is 4.31 Å². The van der Waals surface area contributed by atoms with E-state index in [1.807, 2.05) is 44.2 Å². The van der Waals surface area contributed by atoms with Crippen molar-refractivity contribution in [3.05, 3.63) is 60.2 Å². The molecule has 1 aliphatic rings. The number of ether oxygens (including phenoxy) is 3. The van der Waals surface area contributed by atoms with Crippen molar-refractivity contribution in [3.8, 4) is 0 Å². The van der Waals surface area contributed by atoms with Gasteiger partial charge in [-0.05, 0) is 61.1 Å². The first-order chi connectivity index (χ1) is 19.5. The minimum atomic E-state index is -4.02. The van der Waals surface area contributed by atoms with Crippen molar-refractivity contribution >= 4 is 21.8 Å². The highest BCUT2D eigenvalue weighted by molar-refractivity contribution is 7.89. The Morgan fingerprint density at radius 3 is 2.41 bits per heavy atom. The third kappa shape index (κ3) is 10.6. The van der Waals surface area contributed by atoms with Crippen LogP contribution in [0.1, 0.15) is 38.7 Å². The number of anilines is 1. The molecule has 0 radical (unpaired) electrons. The molecular formula is C29H44N4O7S. The van der Waals surface area contributed by atoms with Crippen LogP contribution in [-0.2, 0) is 30.7 Å². The van der Waals surface area contributed by atoms with E-state index in [-0.39, 0.29) is 44.4 Å². The Kier molecular flexibility index (Phi) is 12.4. The van der Waals surface area contributed by atoms with Gasteiger partial charge in [0.2, 0.25) is 10.0 Å². The minimum absolute atomic E-state index is 0.0703. The standard InChI is InChI=1S/C29H44N4O7S/c1-29(2,14-6-7-15-30)20-33(41(36,37)25-12-10-23(31)11-13-25)17-27(34)26(16-22-8-4-3-5-9-22)32-28(35)40-24-18-38-21-39-19-24/h3-5,8-13,24,26-27,34H,6-7,14-21,30-31H2,1-2H3,(H,32,35). The zero-order valence-electron chi connectivity index (χ0n) is 23.9. The van der Waals surface area contributed by atoms with Gasteiger partial charge in [0.05, 0.1) is 30.3 Å². The summed E-state index contributed by atoms with van der Waals surface area (Å²) < 4.78 is 44.8. The van der Waals surface area contributed by atoms with Crippen molar-refractivity contribution in [2.75, 3.05) is 45.4 Å². The number of nitrogens with zero attached hydrogens (tertiary/aromatic N) is 1. The Hall–Kier alpha value is -2.74. The Morgan fingerprint density at radius 2 is 1.78 bits per heavy atom. The summed E-state index contributed by atoms with van der Waals surface area (Å²) >= 11 is 0. The molecule has 2 atom stereocenters. The van der Waals surface area contributed by atoms with E-state index in [1.54, 1.807) is 0 Å². The first-order valence-corrected chi connectivity index (χ1v) is 15.3. The number of carbonyl (C=O) groups excluding carboxylic acids is 1. The average molecular weight is 593 g/mol. The molecule has 0 aliphatic carbocycles. The van der Waals surface area contributed by atoms with Gasteiger partial charge in [-0.3, -0.25) is 0 Å². The number of nitrogen functional groups attached to an aromatic ring is 1. The molecule has 0 saturated carbocycles. The van der Waals surface area contributed by atoms with Crippen molar-refractivity contribution in [2.24, 2.45) is 11.1 Å². The van der Waals surface area contributed by atoms with E-state index < -0.39 is 39.8 Å². The monoisotopic (exact) mass is 592 g/mol. The van der Waals surface area contributed by atoms with E-state index >= 15 is 0 Å². The van der Waals surface area contributed by atoms with Crippen LogP contribution in [0.4, 0.5) is 10.5 Å². The van der Waals surface area contributed by atoms with E-state index in [1.165, 1.54) is 28.6 Å². The number of rotatable bonds is 15. The third-order valence-electron chi connectivity index (χ3n) is 6.93. The van der Waals surface area contributed by atoms with Crippen LogP contribution in [0.2, 0.25) is 0 Å². The lowest BCUT2D eigenvalue weighted by atomic mass is 9.87. The van der Waals surface area contributed by atoms with E-state index in [9.17, 15) is 18.3 Å². The number of hydrogen-bond acceptors (Lipinski definition) is 9. The molecule has 1 amide bonds. The molecule has 6 N–H and O–H groups in total. The van der Waals surface area contributed by atoms with Crippen molar-refractivity contribution in [2.45, 2.75) is 62.7 Å². The molecule has 11 nitrogen and oxygen atoms in total. The zero-order valence-corrected chi connectivity index (χ0v) is 24.7. The number of aliphatic hydroxyl groups excluding tert-OH is 1. The maximum absolute atomic E-state index is 13.9. The largest absolute Gasteiger partial charge is 0.441 e. The number of alkyl carbamates (subject to hydrolysis) is 1. The van der Waals surface area contributed by atoms with Gasteiger partial charge < -0.3 is 36.1 Å². The topological polar surface area (TPSA) is 166 Å². The highest BCUT2D eigenvalue weighted by atomic mass is 32.2. The van der Waals surface area contributed by atoms with Gasteiger partial charge in [-0.15, -0.1) is 0 Å². The lowest BCUT2D eigenvalue weighted by Gasteiger charge is -2.35. The number of amides is 1. The lowest BCUT2D eigenvalue weighted by Crippen LogP contribution is -2.52. The normalized spacial score (nSPS) is 16.3. The quantitative estimate of drug-likeness (QED) is 0.179. The molecule has 1 saturated heterocycles. The Morgan fingerprint density at radius 1 is 1.12 bits per heavy atom. The fourth-order valence-electron chi connectivity index (χ4n) is 4.70. The van der Waals surface area contributed by atoms with E-state index in [2.05, 4.69) is 5.32 Å². The van der Waals surface area contributed by atoms with Gasteiger partial charge in [0.1, 0.15) is 6.79 Å². The highest BCUT2D eigenvalue weighted by Crippen LogP contribution is 2.28. The van der Waals surface area contributed by atoms with Crippen LogP contribution in [-0.4, -0.2) is 81.8 Å². The van der Waals surface area contributed by atoms with Gasteiger partial charge >= 0.3 is 6.09 Å². The predicted molar refractivity (Wildman–Crippen MR) is 156 cm³/mol. The third-order valence-corrected chi connectivity index (χ3v) is 8.76. The molecule has 0 bridgehead atoms. The van der Waals surface area contributed by atoms with E-state index in [0.29, 0.717) is 12.2 Å². The molecule has 1 heterocycles. The van der Waals surface area contributed by atoms with Gasteiger partial charge in [-0.25, -0.2) is 13.2 Å². The fraction of sp³-hybridized carbons (Fsp3) is 0.552. The summed E-state index contributed by atoms with van der Waals surface area (Å²) in [5.41, 5.74) is 12.4. The summed E-state index contributed by atoms with van der Waals surface area (Å²) in [6, 6.07) is 14.5. The van der Waals surface area contributed by atoms with Crippen LogP contribution in [0, 0.1) is 5.41 Å². The van der Waals surface area contributed by atoms with Gasteiger partial charge in [-0.1, -0.05) is 50.6 Å². The summed E-state index contributed by atoms with van der Waals surface area (Å²) in [7, 11) is -4.02. The summed E-state index contributed by atoms with van der Waals surface area (Å²) in [6.07, 6.45) is 0.0840. The Bertz CT molecular complexity index is 1170. The molecule has 3 rings (SSSR count). The molecule has 1 fully saturated rings. The second-order valence-corrected chi connectivity index (χ2v) is 13.1. The van der Waals surface area contributed by atoms with E-state index in [0.717, 1.165) is 24.8 Å². The van der Waals surface area contributed by atoms with Crippen LogP contribution in [0.25, 0.3) is 0 Å². The lowest BCUT2D eigenvalue weighted by molar-refractivity contribution is -0.151. The molecule has 1 aliphatic heterocycles. The molecule has 0 aromatic heterocycles. The SMILES string of the molecule is CC(C)(CCCCN)CN(CC(O)C(Cc1ccccc1)NC(=O)OC1COCOC1)S(=O)(=O)c1ccc(N)cc1. The molecule has 2 unspecified atom stereocenters. The second-order valence-electron chi connectivity index (χ2n) is 11.2. The number of unbranched alkanes of at least 4 members (excludes halogenated alkanes) is 1. The minimum Gasteiger partial charge on any atom is -0.441 e. The molecule has 41 heavy (non-hydrogen) atoms. The number of nitrogens with one attached hydrogen (secondary N) is 1. The average Bonchev–Trinajstić information content (AvgIpc) is 2.93. The van der Waals surface area contributed by atoms with E-state index in [4.69, 9.17) is 25.7 Å². The maximum atomic E-state index is 13.9. The second kappa shape index (κ2) is 15.5. The summed E-state index contributed by atoms with van der Waals surface area (Å²) in [4.78, 5) is 12.9. The number of aliphatic hydroxyl groups is 1. The first kappa shape index (κ1) is 32.8. The van der Waals surface area contributed by atoms with Gasteiger partial charge in [0.25, 0.3) is 0 Å². The molecule has 228 valence electrons. The summed E-state index contributed by atoms with van der Waals surface area (Å²) in [5, 5.41) is 14.2. The fourth-order valence-corrected chi connectivity index (χ4v) is 6.35. The van der Waals surface area contributed by atoms with Crippen molar-refractivity contribution in [1.82, 2.24) is 9.62 Å². The number of benzene rings is 2. The highest BCUT2D eigenvalue weighted by Gasteiger charge is 2.35. The number of carbonyl (C=O) groups is 1. The molecule has 2 aromatic rings.